The molecule has 0 spiro atoms. The molecular formula is C12H23N. The smallest absolute Gasteiger partial charge is 0.0169 e. The van der Waals surface area contributed by atoms with E-state index >= 15 is 0 Å². The van der Waals surface area contributed by atoms with Crippen molar-refractivity contribution in [3.8, 4) is 0 Å². The minimum Gasteiger partial charge on any atom is -0.313 e. The molecule has 0 saturated heterocycles. The molecule has 1 unspecified atom stereocenters. The monoisotopic (exact) mass is 181 g/mol. The predicted molar refractivity (Wildman–Crippen MR) is 58.9 cm³/mol. The molecule has 1 heterocycles. The van der Waals surface area contributed by atoms with Gasteiger partial charge in [0, 0.05) is 6.54 Å². The Kier molecular flexibility index (Phi) is 4.51. The topological polar surface area (TPSA) is 12.0 Å². The second-order valence-electron chi connectivity index (χ2n) is 3.85. The van der Waals surface area contributed by atoms with Gasteiger partial charge in [0.1, 0.15) is 0 Å². The van der Waals surface area contributed by atoms with E-state index in [1.807, 2.05) is 13.8 Å². The normalized spacial score (nSPS) is 27.5. The fourth-order valence-corrected chi connectivity index (χ4v) is 2.31. The summed E-state index contributed by atoms with van der Waals surface area (Å²) in [6.07, 6.45) is 5.52. The average molecular weight is 181 g/mol. The minimum absolute atomic E-state index is 0.871. The van der Waals surface area contributed by atoms with Gasteiger partial charge in [-0.1, -0.05) is 31.9 Å². The molecular weight excluding hydrogens is 158 g/mol. The lowest BCUT2D eigenvalue weighted by molar-refractivity contribution is 0.610. The first-order valence-electron chi connectivity index (χ1n) is 5.79. The summed E-state index contributed by atoms with van der Waals surface area (Å²) in [5, 5.41) is 3.49. The summed E-state index contributed by atoms with van der Waals surface area (Å²) < 4.78 is 0. The molecule has 0 aromatic carbocycles. The van der Waals surface area contributed by atoms with Crippen molar-refractivity contribution < 1.29 is 0 Å². The van der Waals surface area contributed by atoms with E-state index in [1.54, 1.807) is 11.1 Å². The summed E-state index contributed by atoms with van der Waals surface area (Å²) in [5.74, 6) is 0.871. The number of nitrogens with one attached hydrogen (secondary N) is 1. The zero-order chi connectivity index (χ0) is 9.68. The van der Waals surface area contributed by atoms with Crippen LogP contribution in [0.2, 0.25) is 0 Å². The van der Waals surface area contributed by atoms with E-state index in [2.05, 4.69) is 12.2 Å². The van der Waals surface area contributed by atoms with Crippen LogP contribution in [0.4, 0.5) is 0 Å². The van der Waals surface area contributed by atoms with Crippen LogP contribution in [0.3, 0.4) is 0 Å². The predicted octanol–water partition coefficient (Wildman–Crippen LogP) is 3.12. The third-order valence-corrected chi connectivity index (χ3v) is 3.08. The summed E-state index contributed by atoms with van der Waals surface area (Å²) in [6, 6.07) is 0. The van der Waals surface area contributed by atoms with E-state index in [0.717, 1.165) is 5.92 Å². The molecule has 0 bridgehead atoms. The van der Waals surface area contributed by atoms with Crippen LogP contribution in [0.25, 0.3) is 0 Å². The molecule has 0 amide bonds. The van der Waals surface area contributed by atoms with E-state index in [9.17, 15) is 0 Å². The molecule has 2 rings (SSSR count). The highest BCUT2D eigenvalue weighted by Gasteiger charge is 2.22. The molecule has 0 aromatic rings. The number of allylic oxidation sites excluding steroid dienone is 1. The van der Waals surface area contributed by atoms with Crippen LogP contribution < -0.4 is 5.32 Å². The van der Waals surface area contributed by atoms with Crippen LogP contribution in [0.1, 0.15) is 46.5 Å². The SMILES string of the molecule is CC.CC1CCC2=C1CNCCC2. The molecule has 1 aliphatic heterocycles. The molecule has 2 aliphatic rings. The fourth-order valence-electron chi connectivity index (χ4n) is 2.31. The van der Waals surface area contributed by atoms with E-state index in [-0.39, 0.29) is 0 Å². The van der Waals surface area contributed by atoms with Gasteiger partial charge in [0.25, 0.3) is 0 Å². The molecule has 1 heteroatoms. The molecule has 1 atom stereocenters. The van der Waals surface area contributed by atoms with Crippen LogP contribution in [0.15, 0.2) is 11.1 Å². The van der Waals surface area contributed by atoms with Crippen molar-refractivity contribution in [2.45, 2.75) is 46.5 Å². The Morgan fingerprint density at radius 2 is 2.00 bits per heavy atom. The number of hydrogen-bond donors (Lipinski definition) is 1. The van der Waals surface area contributed by atoms with Crippen LogP contribution in [0.5, 0.6) is 0 Å². The van der Waals surface area contributed by atoms with E-state index < -0.39 is 0 Å². The van der Waals surface area contributed by atoms with Crippen molar-refractivity contribution in [1.29, 1.82) is 0 Å². The van der Waals surface area contributed by atoms with E-state index in [4.69, 9.17) is 0 Å². The Labute approximate surface area is 82.6 Å². The van der Waals surface area contributed by atoms with Gasteiger partial charge in [-0.15, -0.1) is 0 Å². The molecule has 0 saturated carbocycles. The third-order valence-electron chi connectivity index (χ3n) is 3.08. The van der Waals surface area contributed by atoms with Gasteiger partial charge in [-0.25, -0.2) is 0 Å². The quantitative estimate of drug-likeness (QED) is 0.566. The van der Waals surface area contributed by atoms with Crippen molar-refractivity contribution in [1.82, 2.24) is 5.32 Å². The van der Waals surface area contributed by atoms with Crippen molar-refractivity contribution in [2.24, 2.45) is 5.92 Å². The summed E-state index contributed by atoms with van der Waals surface area (Å²) in [6.45, 7) is 8.77. The second-order valence-corrected chi connectivity index (χ2v) is 3.85. The van der Waals surface area contributed by atoms with Gasteiger partial charge in [-0.2, -0.15) is 0 Å². The van der Waals surface area contributed by atoms with Crippen LogP contribution in [-0.4, -0.2) is 13.1 Å². The highest BCUT2D eigenvalue weighted by atomic mass is 14.9. The first kappa shape index (κ1) is 10.8. The maximum Gasteiger partial charge on any atom is 0.0169 e. The number of hydrogen-bond acceptors (Lipinski definition) is 1. The lowest BCUT2D eigenvalue weighted by atomic mass is 10.0. The van der Waals surface area contributed by atoms with E-state index in [0.29, 0.717) is 0 Å². The van der Waals surface area contributed by atoms with Crippen LogP contribution >= 0.6 is 0 Å². The summed E-state index contributed by atoms with van der Waals surface area (Å²) in [4.78, 5) is 0. The van der Waals surface area contributed by atoms with Gasteiger partial charge in [-0.05, 0) is 38.1 Å². The minimum atomic E-state index is 0.871. The summed E-state index contributed by atoms with van der Waals surface area (Å²) in [5.41, 5.74) is 3.52. The average Bonchev–Trinajstić information content (AvgIpc) is 2.44. The van der Waals surface area contributed by atoms with Crippen LogP contribution in [-0.2, 0) is 0 Å². The third kappa shape index (κ3) is 2.57. The Morgan fingerprint density at radius 1 is 1.23 bits per heavy atom. The number of rotatable bonds is 0. The molecule has 0 fully saturated rings. The Morgan fingerprint density at radius 3 is 2.77 bits per heavy atom. The molecule has 1 aliphatic carbocycles. The van der Waals surface area contributed by atoms with Gasteiger partial charge in [0.15, 0.2) is 0 Å². The molecule has 1 nitrogen and oxygen atoms in total. The van der Waals surface area contributed by atoms with Gasteiger partial charge >= 0.3 is 0 Å². The van der Waals surface area contributed by atoms with Crippen molar-refractivity contribution in [3.05, 3.63) is 11.1 Å². The Hall–Kier alpha value is -0.300. The Balaban J connectivity index is 0.000000396. The molecule has 0 aromatic heterocycles. The molecule has 1 N–H and O–H groups in total. The zero-order valence-corrected chi connectivity index (χ0v) is 9.32. The maximum atomic E-state index is 3.49. The lowest BCUT2D eigenvalue weighted by Crippen LogP contribution is -2.18. The summed E-state index contributed by atoms with van der Waals surface area (Å²) >= 11 is 0. The van der Waals surface area contributed by atoms with Crippen molar-refractivity contribution in [3.63, 3.8) is 0 Å². The van der Waals surface area contributed by atoms with E-state index in [1.165, 1.54) is 38.8 Å². The van der Waals surface area contributed by atoms with Gasteiger partial charge in [0.05, 0.1) is 0 Å². The van der Waals surface area contributed by atoms with Gasteiger partial charge in [-0.3, -0.25) is 0 Å². The summed E-state index contributed by atoms with van der Waals surface area (Å²) in [7, 11) is 0. The first-order valence-corrected chi connectivity index (χ1v) is 5.79. The molecule has 13 heavy (non-hydrogen) atoms. The second kappa shape index (κ2) is 5.43. The lowest BCUT2D eigenvalue weighted by Gasteiger charge is -2.08. The molecule has 76 valence electrons. The standard InChI is InChI=1S/C10H17N.C2H6/c1-8-4-5-9-3-2-6-11-7-10(8)9;1-2/h8,11H,2-7H2,1H3;1-2H3. The Bertz CT molecular complexity index is 182. The maximum absolute atomic E-state index is 3.49. The van der Waals surface area contributed by atoms with Crippen LogP contribution in [0, 0.1) is 5.92 Å². The largest absolute Gasteiger partial charge is 0.313 e. The highest BCUT2D eigenvalue weighted by Crippen LogP contribution is 2.34. The van der Waals surface area contributed by atoms with Crippen molar-refractivity contribution in [2.75, 3.05) is 13.1 Å². The first-order chi connectivity index (χ1) is 6.38. The van der Waals surface area contributed by atoms with Gasteiger partial charge < -0.3 is 5.32 Å². The fraction of sp³-hybridized carbons (Fsp3) is 0.833. The zero-order valence-electron chi connectivity index (χ0n) is 9.32. The molecule has 0 radical (unpaired) electrons. The van der Waals surface area contributed by atoms with Crippen molar-refractivity contribution >= 4 is 0 Å². The van der Waals surface area contributed by atoms with Gasteiger partial charge in [0.2, 0.25) is 0 Å². The highest BCUT2D eigenvalue weighted by molar-refractivity contribution is 5.24.